The molecule has 1 aliphatic rings. The Balaban J connectivity index is 1.57. The van der Waals surface area contributed by atoms with Gasteiger partial charge in [0, 0.05) is 29.4 Å². The van der Waals surface area contributed by atoms with Crippen LogP contribution in [0.4, 0.5) is 5.82 Å². The lowest BCUT2D eigenvalue weighted by Crippen LogP contribution is -2.30. The number of carbonyl (C=O) groups is 1. The number of benzene rings is 1. The Kier molecular flexibility index (Phi) is 4.39. The molecule has 0 aliphatic carbocycles. The number of aromatic nitrogens is 2. The highest BCUT2D eigenvalue weighted by Gasteiger charge is 2.33. The summed E-state index contributed by atoms with van der Waals surface area (Å²) in [6.45, 7) is 4.52. The van der Waals surface area contributed by atoms with Crippen LogP contribution in [0.3, 0.4) is 0 Å². The highest BCUT2D eigenvalue weighted by atomic mass is 16.5. The minimum absolute atomic E-state index is 0.00751. The molecule has 27 heavy (non-hydrogen) atoms. The quantitative estimate of drug-likeness (QED) is 0.763. The Hall–Kier alpha value is -3.15. The minimum Gasteiger partial charge on any atom is -0.383 e. The number of aryl methyl sites for hydroxylation is 2. The van der Waals surface area contributed by atoms with Gasteiger partial charge >= 0.3 is 0 Å². The van der Waals surface area contributed by atoms with Crippen LogP contribution >= 0.6 is 0 Å². The summed E-state index contributed by atoms with van der Waals surface area (Å²) >= 11 is 0. The van der Waals surface area contributed by atoms with Gasteiger partial charge in [-0.2, -0.15) is 0 Å². The number of anilines is 1. The molecule has 6 nitrogen and oxygen atoms in total. The van der Waals surface area contributed by atoms with Crippen molar-refractivity contribution in [2.75, 3.05) is 12.3 Å². The Morgan fingerprint density at radius 3 is 2.59 bits per heavy atom. The summed E-state index contributed by atoms with van der Waals surface area (Å²) in [7, 11) is 0. The molecule has 0 radical (unpaired) electrons. The second kappa shape index (κ2) is 6.87. The molecule has 0 unspecified atom stereocenters. The van der Waals surface area contributed by atoms with Crippen LogP contribution < -0.4 is 5.73 Å². The van der Waals surface area contributed by atoms with Gasteiger partial charge in [0.05, 0.1) is 11.7 Å². The van der Waals surface area contributed by atoms with Crippen LogP contribution in [0.5, 0.6) is 0 Å². The minimum atomic E-state index is -0.0460. The molecular formula is C21H22N4O2. The second-order valence-corrected chi connectivity index (χ2v) is 6.99. The number of hydrogen-bond acceptors (Lipinski definition) is 5. The molecule has 0 saturated carbocycles. The third-order valence-corrected chi connectivity index (χ3v) is 5.00. The molecule has 2 aromatic heterocycles. The molecule has 1 aliphatic heterocycles. The lowest BCUT2D eigenvalue weighted by Gasteiger charge is -2.22. The number of hydrogen-bond donors (Lipinski definition) is 1. The van der Waals surface area contributed by atoms with Gasteiger partial charge in [-0.1, -0.05) is 17.3 Å². The number of pyridine rings is 1. The van der Waals surface area contributed by atoms with Gasteiger partial charge < -0.3 is 15.2 Å². The van der Waals surface area contributed by atoms with E-state index in [1.807, 2.05) is 61.2 Å². The van der Waals surface area contributed by atoms with Crippen molar-refractivity contribution in [1.82, 2.24) is 15.0 Å². The summed E-state index contributed by atoms with van der Waals surface area (Å²) in [5.41, 5.74) is 10.2. The largest absolute Gasteiger partial charge is 0.383 e. The van der Waals surface area contributed by atoms with Gasteiger partial charge in [-0.25, -0.2) is 4.98 Å². The van der Waals surface area contributed by atoms with E-state index in [-0.39, 0.29) is 11.9 Å². The van der Waals surface area contributed by atoms with Crippen molar-refractivity contribution in [1.29, 1.82) is 0 Å². The molecule has 1 atom stereocenters. The molecule has 3 aromatic rings. The van der Waals surface area contributed by atoms with Crippen LogP contribution in [0.25, 0.3) is 11.1 Å². The van der Waals surface area contributed by atoms with Crippen molar-refractivity contribution in [3.8, 4) is 11.1 Å². The van der Waals surface area contributed by atoms with Gasteiger partial charge in [0.15, 0.2) is 5.76 Å². The standard InChI is InChI=1S/C21H22N4O2/c1-13-5-10-17(20(22)23-13)15-6-8-16(9-7-15)21(26)25-11-3-4-18(25)19-12-14(2)24-27-19/h5-10,12,18H,3-4,11H2,1-2H3,(H2,22,23)/t18-/m0/s1. The highest BCUT2D eigenvalue weighted by molar-refractivity contribution is 5.95. The number of likely N-dealkylation sites (tertiary alicyclic amines) is 1. The fourth-order valence-electron chi connectivity index (χ4n) is 3.63. The first-order chi connectivity index (χ1) is 13.0. The van der Waals surface area contributed by atoms with Crippen molar-refractivity contribution in [3.05, 3.63) is 65.2 Å². The van der Waals surface area contributed by atoms with Crippen LogP contribution in [-0.2, 0) is 0 Å². The summed E-state index contributed by atoms with van der Waals surface area (Å²) in [4.78, 5) is 19.2. The van der Waals surface area contributed by atoms with Gasteiger partial charge in [0.2, 0.25) is 0 Å². The maximum absolute atomic E-state index is 13.0. The smallest absolute Gasteiger partial charge is 0.254 e. The fourth-order valence-corrected chi connectivity index (χ4v) is 3.63. The van der Waals surface area contributed by atoms with Crippen LogP contribution in [0, 0.1) is 13.8 Å². The lowest BCUT2D eigenvalue weighted by molar-refractivity contribution is 0.0714. The van der Waals surface area contributed by atoms with Gasteiger partial charge in [-0.3, -0.25) is 4.79 Å². The number of nitrogen functional groups attached to an aromatic ring is 1. The topological polar surface area (TPSA) is 85.2 Å². The number of nitrogens with two attached hydrogens (primary N) is 1. The zero-order valence-corrected chi connectivity index (χ0v) is 15.5. The zero-order chi connectivity index (χ0) is 19.0. The highest BCUT2D eigenvalue weighted by Crippen LogP contribution is 2.34. The average molecular weight is 362 g/mol. The molecule has 1 fully saturated rings. The van der Waals surface area contributed by atoms with E-state index in [2.05, 4.69) is 10.1 Å². The van der Waals surface area contributed by atoms with Crippen LogP contribution in [0.2, 0.25) is 0 Å². The van der Waals surface area contributed by atoms with E-state index in [0.717, 1.165) is 47.7 Å². The summed E-state index contributed by atoms with van der Waals surface area (Å²) in [6.07, 6.45) is 1.85. The lowest BCUT2D eigenvalue weighted by atomic mass is 10.0. The number of carbonyl (C=O) groups excluding carboxylic acids is 1. The van der Waals surface area contributed by atoms with Crippen molar-refractivity contribution >= 4 is 11.7 Å². The number of rotatable bonds is 3. The first-order valence-electron chi connectivity index (χ1n) is 9.10. The predicted molar refractivity (Wildman–Crippen MR) is 103 cm³/mol. The van der Waals surface area contributed by atoms with E-state index >= 15 is 0 Å². The Bertz CT molecular complexity index is 978. The van der Waals surface area contributed by atoms with E-state index in [1.54, 1.807) is 0 Å². The van der Waals surface area contributed by atoms with Gasteiger partial charge in [0.25, 0.3) is 5.91 Å². The molecule has 1 saturated heterocycles. The van der Waals surface area contributed by atoms with Crippen molar-refractivity contribution in [2.24, 2.45) is 0 Å². The molecule has 0 bridgehead atoms. The summed E-state index contributed by atoms with van der Waals surface area (Å²) in [6, 6.07) is 13.3. The van der Waals surface area contributed by atoms with E-state index in [0.29, 0.717) is 11.4 Å². The molecule has 0 spiro atoms. The van der Waals surface area contributed by atoms with Crippen molar-refractivity contribution < 1.29 is 9.32 Å². The first kappa shape index (κ1) is 17.3. The second-order valence-electron chi connectivity index (χ2n) is 6.99. The van der Waals surface area contributed by atoms with E-state index < -0.39 is 0 Å². The van der Waals surface area contributed by atoms with Gasteiger partial charge in [0.1, 0.15) is 5.82 Å². The summed E-state index contributed by atoms with van der Waals surface area (Å²) in [5.74, 6) is 1.26. The van der Waals surface area contributed by atoms with Crippen molar-refractivity contribution in [2.45, 2.75) is 32.7 Å². The monoisotopic (exact) mass is 362 g/mol. The predicted octanol–water partition coefficient (Wildman–Crippen LogP) is 3.91. The average Bonchev–Trinajstić information content (AvgIpc) is 3.30. The Labute approximate surface area is 158 Å². The Morgan fingerprint density at radius 1 is 1.15 bits per heavy atom. The fraction of sp³-hybridized carbons (Fsp3) is 0.286. The number of amides is 1. The van der Waals surface area contributed by atoms with E-state index in [1.165, 1.54) is 0 Å². The molecule has 1 aromatic carbocycles. The molecule has 2 N–H and O–H groups in total. The summed E-state index contributed by atoms with van der Waals surface area (Å²) < 4.78 is 5.40. The van der Waals surface area contributed by atoms with Gasteiger partial charge in [-0.05, 0) is 56.5 Å². The normalized spacial score (nSPS) is 16.7. The molecule has 4 rings (SSSR count). The SMILES string of the molecule is Cc1cc([C@@H]2CCCN2C(=O)c2ccc(-c3ccc(C)nc3N)cc2)on1. The van der Waals surface area contributed by atoms with Crippen LogP contribution in [0.1, 0.15) is 46.4 Å². The zero-order valence-electron chi connectivity index (χ0n) is 15.5. The molecule has 6 heteroatoms. The van der Waals surface area contributed by atoms with Crippen LogP contribution in [-0.4, -0.2) is 27.5 Å². The molecular weight excluding hydrogens is 340 g/mol. The third-order valence-electron chi connectivity index (χ3n) is 5.00. The van der Waals surface area contributed by atoms with E-state index in [9.17, 15) is 4.79 Å². The molecule has 138 valence electrons. The van der Waals surface area contributed by atoms with Crippen LogP contribution in [0.15, 0.2) is 47.0 Å². The van der Waals surface area contributed by atoms with Crippen molar-refractivity contribution in [3.63, 3.8) is 0 Å². The maximum atomic E-state index is 13.0. The number of nitrogens with zero attached hydrogens (tertiary/aromatic N) is 3. The molecule has 1 amide bonds. The first-order valence-corrected chi connectivity index (χ1v) is 9.10. The Morgan fingerprint density at radius 2 is 1.93 bits per heavy atom. The van der Waals surface area contributed by atoms with E-state index in [4.69, 9.17) is 10.3 Å². The summed E-state index contributed by atoms with van der Waals surface area (Å²) in [5, 5.41) is 3.96. The third kappa shape index (κ3) is 3.30. The molecule has 3 heterocycles. The van der Waals surface area contributed by atoms with Gasteiger partial charge in [-0.15, -0.1) is 0 Å². The maximum Gasteiger partial charge on any atom is 0.254 e.